The number of aromatic amines is 1. The van der Waals surface area contributed by atoms with E-state index in [2.05, 4.69) is 47.5 Å². The number of carbonyl (C=O) groups excluding carboxylic acids is 11. The van der Waals surface area contributed by atoms with E-state index in [1.807, 2.05) is 52.0 Å². The number of para-hydroxylation sites is 1. The Morgan fingerprint density at radius 1 is 0.595 bits per heavy atom. The van der Waals surface area contributed by atoms with Gasteiger partial charge in [-0.05, 0) is 93.1 Å². The largest absolute Gasteiger partial charge is 0.480 e. The lowest BCUT2D eigenvalue weighted by atomic mass is 9.97. The van der Waals surface area contributed by atoms with Gasteiger partial charge < -0.3 is 73.9 Å². The Labute approximate surface area is 491 Å². The van der Waals surface area contributed by atoms with E-state index in [0.29, 0.717) is 19.3 Å². The average Bonchev–Trinajstić information content (AvgIpc) is 4.15. The normalized spacial score (nSPS) is 18.1. The molecule has 0 radical (unpaired) electrons. The molecule has 14 N–H and O–H groups in total. The number of hydrogen-bond donors (Lipinski definition) is 12. The Balaban J connectivity index is 1.38. The predicted octanol–water partition coefficient (Wildman–Crippen LogP) is -0.0403. The Bertz CT molecular complexity index is 2690. The number of fused-ring (bicyclic) bond motifs is 1. The van der Waals surface area contributed by atoms with E-state index in [0.717, 1.165) is 16.5 Å². The molecule has 4 rings (SSSR count). The van der Waals surface area contributed by atoms with Crippen molar-refractivity contribution in [2.45, 2.75) is 194 Å². The van der Waals surface area contributed by atoms with Gasteiger partial charge in [0.25, 0.3) is 0 Å². The van der Waals surface area contributed by atoms with Crippen LogP contribution in [-0.2, 0) is 64.0 Å². The number of hydrogen-bond acceptors (Lipinski definition) is 13. The van der Waals surface area contributed by atoms with Crippen molar-refractivity contribution in [2.75, 3.05) is 19.6 Å². The van der Waals surface area contributed by atoms with Gasteiger partial charge in [0.1, 0.15) is 54.4 Å². The van der Waals surface area contributed by atoms with Crippen LogP contribution in [0.25, 0.3) is 10.9 Å². The van der Waals surface area contributed by atoms with Gasteiger partial charge in [0.05, 0.1) is 12.6 Å². The Hall–Kier alpha value is -7.64. The minimum absolute atomic E-state index is 0.0760. The third kappa shape index (κ3) is 19.7. The minimum Gasteiger partial charge on any atom is -0.480 e. The fourth-order valence-electron chi connectivity index (χ4n) is 10.4. The second-order valence-corrected chi connectivity index (χ2v) is 24.0. The monoisotopic (exact) mass is 1180 g/mol. The number of nitrogens with two attached hydrogens (primary N) is 2. The van der Waals surface area contributed by atoms with Gasteiger partial charge >= 0.3 is 5.97 Å². The van der Waals surface area contributed by atoms with E-state index in [1.54, 1.807) is 47.7 Å². The van der Waals surface area contributed by atoms with Gasteiger partial charge in [0.15, 0.2) is 0 Å². The van der Waals surface area contributed by atoms with Gasteiger partial charge in [0, 0.05) is 43.0 Å². The van der Waals surface area contributed by atoms with E-state index >= 15 is 0 Å². The maximum atomic E-state index is 14.3. The molecule has 2 aromatic rings. The molecule has 26 nitrogen and oxygen atoms in total. The fraction of sp³-hybridized carbons (Fsp3) is 0.655. The maximum absolute atomic E-state index is 14.3. The van der Waals surface area contributed by atoms with E-state index in [4.69, 9.17) is 11.5 Å². The molecule has 0 saturated carbocycles. The standard InChI is InChI=1S/C58H91N13O13/c1-29(2)24-37(59)50(75)65-40(26-35-27-61-38-17-13-12-16-36(35)38)52(77)67-46(31(5)6)55(80)68-47(32(7)8)57(82)71-23-14-18-42(71)53(78)62-28-45(73)63-34(11)49(74)66-41(25-30(3)4)56(81)70-22-15-19-43(70)54(79)64-39(20-21-44(60)72)51(76)69-48(33(9)10)58(83)84/h12-13,16-17,27,29-34,37,39-43,46-48,61H,14-15,18-26,28,59H2,1-11H3,(H2,60,72)(H,62,78)(H,63,73)(H,64,79)(H,65,75)(H,66,74)(H,67,77)(H,68,80)(H,69,76)(H,83,84). The SMILES string of the molecule is CC(C)CC(N)C(=O)NC(Cc1c[nH]c2ccccc12)C(=O)NC(C(=O)NC(C(=O)N1CCCC1C(=O)NCC(=O)NC(C)C(=O)NC(CC(C)C)C(=O)N1CCCC1C(=O)NC(CCC(N)=O)C(=O)NC(C(=O)O)C(C)C)C(C)C)C(C)C. The zero-order valence-electron chi connectivity index (χ0n) is 50.4. The summed E-state index contributed by atoms with van der Waals surface area (Å²) in [5.74, 6) is -10.3. The van der Waals surface area contributed by atoms with E-state index in [1.165, 1.54) is 16.7 Å². The quantitative estimate of drug-likeness (QED) is 0.0472. The van der Waals surface area contributed by atoms with Crippen LogP contribution in [0, 0.1) is 29.6 Å². The van der Waals surface area contributed by atoms with Gasteiger partial charge in [-0.3, -0.25) is 52.7 Å². The number of carboxylic acid groups (broad SMARTS) is 1. The first-order chi connectivity index (χ1) is 39.4. The number of carboxylic acids is 1. The molecule has 10 atom stereocenters. The molecular formula is C58H91N13O13. The number of likely N-dealkylation sites (tertiary alicyclic amines) is 2. The molecule has 10 unspecified atom stereocenters. The summed E-state index contributed by atoms with van der Waals surface area (Å²) in [4.78, 5) is 167. The van der Waals surface area contributed by atoms with E-state index in [9.17, 15) is 62.6 Å². The molecule has 26 heteroatoms. The summed E-state index contributed by atoms with van der Waals surface area (Å²) in [5, 5.41) is 31.6. The lowest BCUT2D eigenvalue weighted by Crippen LogP contribution is -2.61. The molecule has 11 amide bonds. The molecule has 0 aliphatic carbocycles. The van der Waals surface area contributed by atoms with Crippen molar-refractivity contribution in [3.8, 4) is 0 Å². The minimum atomic E-state index is -1.36. The third-order valence-corrected chi connectivity index (χ3v) is 15.0. The van der Waals surface area contributed by atoms with Crippen molar-refractivity contribution in [1.82, 2.24) is 57.3 Å². The number of nitrogens with zero attached hydrogens (tertiary/aromatic N) is 2. The number of H-pyrrole nitrogens is 1. The average molecular weight is 1180 g/mol. The number of amides is 11. The van der Waals surface area contributed by atoms with Crippen LogP contribution in [-0.4, -0.2) is 171 Å². The molecule has 0 bridgehead atoms. The van der Waals surface area contributed by atoms with Crippen LogP contribution in [0.4, 0.5) is 0 Å². The summed E-state index contributed by atoms with van der Waals surface area (Å²) in [6, 6.07) is -3.97. The summed E-state index contributed by atoms with van der Waals surface area (Å²) in [6.07, 6.45) is 3.07. The summed E-state index contributed by atoms with van der Waals surface area (Å²) in [6.45, 7) is 18.6. The highest BCUT2D eigenvalue weighted by Gasteiger charge is 2.42. The van der Waals surface area contributed by atoms with Crippen molar-refractivity contribution < 1.29 is 62.6 Å². The zero-order valence-corrected chi connectivity index (χ0v) is 50.4. The van der Waals surface area contributed by atoms with E-state index in [-0.39, 0.29) is 63.5 Å². The van der Waals surface area contributed by atoms with Crippen LogP contribution in [0.5, 0.6) is 0 Å². The molecule has 2 aliphatic heterocycles. The molecule has 0 spiro atoms. The van der Waals surface area contributed by atoms with Crippen LogP contribution >= 0.6 is 0 Å². The second kappa shape index (κ2) is 31.9. The molecule has 2 fully saturated rings. The smallest absolute Gasteiger partial charge is 0.326 e. The lowest BCUT2D eigenvalue weighted by Gasteiger charge is -2.32. The third-order valence-electron chi connectivity index (χ3n) is 15.0. The molecule has 84 heavy (non-hydrogen) atoms. The number of primary amides is 1. The fourth-order valence-corrected chi connectivity index (χ4v) is 10.4. The Morgan fingerprint density at radius 2 is 1.13 bits per heavy atom. The molecule has 2 aliphatic rings. The molecule has 3 heterocycles. The van der Waals surface area contributed by atoms with Crippen LogP contribution in [0.3, 0.4) is 0 Å². The number of carbonyl (C=O) groups is 12. The van der Waals surface area contributed by atoms with E-state index < -0.39 is 156 Å². The number of nitrogens with one attached hydrogen (secondary N) is 9. The summed E-state index contributed by atoms with van der Waals surface area (Å²) >= 11 is 0. The predicted molar refractivity (Wildman–Crippen MR) is 311 cm³/mol. The molecule has 466 valence electrons. The van der Waals surface area contributed by atoms with Crippen molar-refractivity contribution in [1.29, 1.82) is 0 Å². The first-order valence-electron chi connectivity index (χ1n) is 29.2. The van der Waals surface area contributed by atoms with Gasteiger partial charge in [-0.15, -0.1) is 0 Å². The highest BCUT2D eigenvalue weighted by Crippen LogP contribution is 2.24. The summed E-state index contributed by atoms with van der Waals surface area (Å²) < 4.78 is 0. The molecule has 2 saturated heterocycles. The summed E-state index contributed by atoms with van der Waals surface area (Å²) in [5.41, 5.74) is 13.1. The van der Waals surface area contributed by atoms with Crippen LogP contribution < -0.4 is 54.0 Å². The molecule has 1 aromatic heterocycles. The number of rotatable bonds is 31. The zero-order chi connectivity index (χ0) is 62.9. The Kier molecular flexibility index (Phi) is 26.1. The first-order valence-corrected chi connectivity index (χ1v) is 29.2. The van der Waals surface area contributed by atoms with Crippen LogP contribution in [0.1, 0.15) is 133 Å². The number of benzene rings is 1. The van der Waals surface area contributed by atoms with Crippen LogP contribution in [0.15, 0.2) is 30.5 Å². The second-order valence-electron chi connectivity index (χ2n) is 24.0. The van der Waals surface area contributed by atoms with Gasteiger partial charge in [0.2, 0.25) is 65.0 Å². The van der Waals surface area contributed by atoms with Gasteiger partial charge in [-0.2, -0.15) is 0 Å². The van der Waals surface area contributed by atoms with Gasteiger partial charge in [-0.1, -0.05) is 87.4 Å². The van der Waals surface area contributed by atoms with Crippen LogP contribution in [0.2, 0.25) is 0 Å². The lowest BCUT2D eigenvalue weighted by molar-refractivity contribution is -0.144. The van der Waals surface area contributed by atoms with Crippen molar-refractivity contribution in [3.05, 3.63) is 36.0 Å². The van der Waals surface area contributed by atoms with Crippen molar-refractivity contribution >= 4 is 81.9 Å². The molecule has 1 aromatic carbocycles. The highest BCUT2D eigenvalue weighted by molar-refractivity contribution is 5.99. The van der Waals surface area contributed by atoms with Gasteiger partial charge in [-0.25, -0.2) is 4.79 Å². The summed E-state index contributed by atoms with van der Waals surface area (Å²) in [7, 11) is 0. The number of aliphatic carboxylic acids is 1. The van der Waals surface area contributed by atoms with Crippen molar-refractivity contribution in [2.24, 2.45) is 41.1 Å². The highest BCUT2D eigenvalue weighted by atomic mass is 16.4. The maximum Gasteiger partial charge on any atom is 0.326 e. The van der Waals surface area contributed by atoms with Crippen molar-refractivity contribution in [3.63, 3.8) is 0 Å². The molecular weight excluding hydrogens is 1090 g/mol. The Morgan fingerprint density at radius 3 is 1.70 bits per heavy atom. The first kappa shape index (κ1) is 68.9. The number of aromatic nitrogens is 1. The topological polar surface area (TPSA) is 396 Å².